The molecule has 2 aliphatic heterocycles. The largest absolute Gasteiger partial charge is 0.493 e. The number of likely N-dealkylation sites (tertiary alicyclic amines) is 1. The number of methoxy groups -OCH3 is 2. The summed E-state index contributed by atoms with van der Waals surface area (Å²) in [6, 6.07) is 13.0. The number of aryl methyl sites for hydroxylation is 1. The summed E-state index contributed by atoms with van der Waals surface area (Å²) in [5.41, 5.74) is 1.87. The number of carbonyl (C=O) groups excluding carboxylic acids is 2. The van der Waals surface area contributed by atoms with Crippen LogP contribution in [0.15, 0.2) is 42.5 Å². The number of rotatable bonds is 17. The van der Waals surface area contributed by atoms with Gasteiger partial charge < -0.3 is 33.7 Å². The zero-order valence-corrected chi connectivity index (χ0v) is 31.9. The van der Waals surface area contributed by atoms with Gasteiger partial charge in [0.05, 0.1) is 39.5 Å². The molecule has 1 unspecified atom stereocenters. The zero-order valence-electron chi connectivity index (χ0n) is 31.9. The molecular formula is C42H62N2O8. The molecule has 2 heterocycles. The second-order valence-electron chi connectivity index (χ2n) is 15.2. The van der Waals surface area contributed by atoms with Gasteiger partial charge in [-0.05, 0) is 98.6 Å². The fourth-order valence-electron chi connectivity index (χ4n) is 8.20. The van der Waals surface area contributed by atoms with E-state index in [9.17, 15) is 14.7 Å². The van der Waals surface area contributed by atoms with E-state index >= 15 is 0 Å². The first-order valence-electron chi connectivity index (χ1n) is 19.7. The highest BCUT2D eigenvalue weighted by atomic mass is 16.5. The number of carbonyl (C=O) groups is 2. The molecule has 52 heavy (non-hydrogen) atoms. The third-order valence-electron chi connectivity index (χ3n) is 11.0. The number of hydrogen-bond acceptors (Lipinski definition) is 9. The van der Waals surface area contributed by atoms with Crippen molar-refractivity contribution in [3.05, 3.63) is 53.6 Å². The fraction of sp³-hybridized carbons (Fsp3) is 0.667. The lowest BCUT2D eigenvalue weighted by Gasteiger charge is -2.41. The Labute approximate surface area is 311 Å². The summed E-state index contributed by atoms with van der Waals surface area (Å²) in [6.07, 6.45) is 7.85. The molecule has 288 valence electrons. The Balaban J connectivity index is 1.35. The van der Waals surface area contributed by atoms with Gasteiger partial charge in [0, 0.05) is 26.2 Å². The highest BCUT2D eigenvalue weighted by Crippen LogP contribution is 2.37. The van der Waals surface area contributed by atoms with Crippen LogP contribution in [-0.2, 0) is 25.5 Å². The van der Waals surface area contributed by atoms with Gasteiger partial charge >= 0.3 is 5.97 Å². The molecule has 2 aromatic carbocycles. The Kier molecular flexibility index (Phi) is 15.5. The predicted molar refractivity (Wildman–Crippen MR) is 201 cm³/mol. The maximum atomic E-state index is 14.5. The van der Waals surface area contributed by atoms with Crippen LogP contribution >= 0.6 is 0 Å². The summed E-state index contributed by atoms with van der Waals surface area (Å²) in [5.74, 6) is 1.46. The molecule has 1 amide bonds. The topological polar surface area (TPSA) is 107 Å². The van der Waals surface area contributed by atoms with Crippen LogP contribution in [0.3, 0.4) is 0 Å². The van der Waals surface area contributed by atoms with Gasteiger partial charge in [0.1, 0.15) is 24.5 Å². The van der Waals surface area contributed by atoms with E-state index in [1.165, 1.54) is 6.42 Å². The molecule has 0 radical (unpaired) electrons. The SMILES string of the molecule is COc1ccc(CC[C@@H](OC(=O)[C@@H]2CCCCN2C(=O)C(C2CCCCC2)[C@H](O)CC(C)C)c2cccc(OCCN3CCOCC3)c2)cc1OC. The Morgan fingerprint density at radius 1 is 0.904 bits per heavy atom. The quantitative estimate of drug-likeness (QED) is 0.181. The Hall–Kier alpha value is -3.34. The van der Waals surface area contributed by atoms with Crippen molar-refractivity contribution in [1.82, 2.24) is 9.80 Å². The molecule has 2 aromatic rings. The van der Waals surface area contributed by atoms with E-state index in [4.69, 9.17) is 23.7 Å². The number of piperidine rings is 1. The van der Waals surface area contributed by atoms with Crippen molar-refractivity contribution in [3.63, 3.8) is 0 Å². The van der Waals surface area contributed by atoms with Gasteiger partial charge in [-0.15, -0.1) is 0 Å². The minimum absolute atomic E-state index is 0.0840. The molecule has 0 aromatic heterocycles. The second kappa shape index (κ2) is 20.2. The van der Waals surface area contributed by atoms with Crippen LogP contribution in [0, 0.1) is 17.8 Å². The minimum Gasteiger partial charge on any atom is -0.493 e. The van der Waals surface area contributed by atoms with Gasteiger partial charge in [0.2, 0.25) is 5.91 Å². The molecule has 0 spiro atoms. The summed E-state index contributed by atoms with van der Waals surface area (Å²) < 4.78 is 29.1. The predicted octanol–water partition coefficient (Wildman–Crippen LogP) is 6.62. The van der Waals surface area contributed by atoms with Crippen LogP contribution in [0.2, 0.25) is 0 Å². The molecule has 4 atom stereocenters. The van der Waals surface area contributed by atoms with Gasteiger partial charge in [0.25, 0.3) is 0 Å². The summed E-state index contributed by atoms with van der Waals surface area (Å²) in [6.45, 7) is 9.30. The van der Waals surface area contributed by atoms with Crippen LogP contribution in [0.5, 0.6) is 17.2 Å². The van der Waals surface area contributed by atoms with Gasteiger partial charge in [0.15, 0.2) is 11.5 Å². The van der Waals surface area contributed by atoms with Crippen molar-refractivity contribution in [2.24, 2.45) is 17.8 Å². The smallest absolute Gasteiger partial charge is 0.329 e. The van der Waals surface area contributed by atoms with Crippen molar-refractivity contribution in [2.45, 2.75) is 103 Å². The van der Waals surface area contributed by atoms with Crippen LogP contribution in [0.25, 0.3) is 0 Å². The summed E-state index contributed by atoms with van der Waals surface area (Å²) in [7, 11) is 3.24. The van der Waals surface area contributed by atoms with E-state index in [0.29, 0.717) is 50.3 Å². The molecular weight excluding hydrogens is 660 g/mol. The maximum Gasteiger partial charge on any atom is 0.329 e. The molecule has 0 bridgehead atoms. The van der Waals surface area contributed by atoms with Crippen LogP contribution in [0.4, 0.5) is 0 Å². The number of nitrogens with zero attached hydrogens (tertiary/aromatic N) is 2. The normalized spacial score (nSPS) is 20.6. The van der Waals surface area contributed by atoms with Gasteiger partial charge in [-0.2, -0.15) is 0 Å². The lowest BCUT2D eigenvalue weighted by molar-refractivity contribution is -0.165. The molecule has 1 N–H and O–H groups in total. The van der Waals surface area contributed by atoms with Gasteiger partial charge in [-0.1, -0.05) is 51.3 Å². The van der Waals surface area contributed by atoms with Crippen molar-refractivity contribution < 1.29 is 38.4 Å². The minimum atomic E-state index is -0.727. The molecule has 1 saturated carbocycles. The second-order valence-corrected chi connectivity index (χ2v) is 15.2. The van der Waals surface area contributed by atoms with E-state index < -0.39 is 24.2 Å². The lowest BCUT2D eigenvalue weighted by Crippen LogP contribution is -2.54. The Bertz CT molecular complexity index is 1410. The first kappa shape index (κ1) is 39.9. The molecule has 3 fully saturated rings. The van der Waals surface area contributed by atoms with Gasteiger partial charge in [-0.3, -0.25) is 9.69 Å². The Morgan fingerprint density at radius 3 is 2.38 bits per heavy atom. The molecule has 2 saturated heterocycles. The standard InChI is InChI=1S/C42H62N2O8/c1-30(2)27-36(45)40(32-11-6-5-7-12-32)41(46)44-20-9-8-15-35(44)42(47)52-37(18-16-31-17-19-38(48-3)39(28-31)49-4)33-13-10-14-34(29-33)51-26-23-43-21-24-50-25-22-43/h10,13-14,17,19,28-30,32,35-37,40,45H,5-9,11-12,15-16,18,20-27H2,1-4H3/t35-,36+,37+,40?/m0/s1. The highest BCUT2D eigenvalue weighted by Gasteiger charge is 2.43. The van der Waals surface area contributed by atoms with Gasteiger partial charge in [-0.25, -0.2) is 4.79 Å². The lowest BCUT2D eigenvalue weighted by atomic mass is 9.75. The highest BCUT2D eigenvalue weighted by molar-refractivity contribution is 5.86. The average Bonchev–Trinajstić information content (AvgIpc) is 3.17. The number of ether oxygens (including phenoxy) is 5. The fourth-order valence-corrected chi connectivity index (χ4v) is 8.20. The van der Waals surface area contributed by atoms with E-state index in [1.54, 1.807) is 19.1 Å². The first-order chi connectivity index (χ1) is 25.3. The number of morpholine rings is 1. The maximum absolute atomic E-state index is 14.5. The van der Waals surface area contributed by atoms with E-state index in [0.717, 1.165) is 88.2 Å². The number of amides is 1. The van der Waals surface area contributed by atoms with Crippen LogP contribution < -0.4 is 14.2 Å². The molecule has 10 heteroatoms. The number of esters is 1. The number of aliphatic hydroxyl groups is 1. The van der Waals surface area contributed by atoms with Crippen LogP contribution in [-0.4, -0.2) is 99.1 Å². The molecule has 5 rings (SSSR count). The Morgan fingerprint density at radius 2 is 1.65 bits per heavy atom. The van der Waals surface area contributed by atoms with Crippen molar-refractivity contribution in [1.29, 1.82) is 0 Å². The molecule has 10 nitrogen and oxygen atoms in total. The number of aliphatic hydroxyl groups excluding tert-OH is 1. The van der Waals surface area contributed by atoms with Crippen molar-refractivity contribution in [2.75, 3.05) is 60.2 Å². The van der Waals surface area contributed by atoms with E-state index in [-0.39, 0.29) is 23.7 Å². The first-order valence-corrected chi connectivity index (χ1v) is 19.7. The summed E-state index contributed by atoms with van der Waals surface area (Å²) in [5, 5.41) is 11.5. The van der Waals surface area contributed by atoms with Crippen molar-refractivity contribution >= 4 is 11.9 Å². The third kappa shape index (κ3) is 11.1. The molecule has 3 aliphatic rings. The number of hydrogen-bond donors (Lipinski definition) is 1. The number of benzene rings is 2. The average molecular weight is 723 g/mol. The van der Waals surface area contributed by atoms with E-state index in [2.05, 4.69) is 18.7 Å². The molecule has 1 aliphatic carbocycles. The van der Waals surface area contributed by atoms with E-state index in [1.807, 2.05) is 42.5 Å². The monoisotopic (exact) mass is 722 g/mol. The van der Waals surface area contributed by atoms with Crippen molar-refractivity contribution in [3.8, 4) is 17.2 Å². The zero-order chi connectivity index (χ0) is 36.9. The summed E-state index contributed by atoms with van der Waals surface area (Å²) >= 11 is 0. The summed E-state index contributed by atoms with van der Waals surface area (Å²) in [4.78, 5) is 32.9. The van der Waals surface area contributed by atoms with Crippen LogP contribution in [0.1, 0.15) is 95.3 Å². The third-order valence-corrected chi connectivity index (χ3v) is 11.0.